The lowest BCUT2D eigenvalue weighted by Crippen LogP contribution is -2.40. The lowest BCUT2D eigenvalue weighted by molar-refractivity contribution is -0.148. The molecule has 1 aliphatic rings. The summed E-state index contributed by atoms with van der Waals surface area (Å²) in [5, 5.41) is 10.00. The first-order chi connectivity index (χ1) is 9.49. The number of rotatable bonds is 4. The number of carboxylic acids is 1. The Morgan fingerprint density at radius 3 is 2.70 bits per heavy atom. The summed E-state index contributed by atoms with van der Waals surface area (Å²) < 4.78 is 0. The molecule has 20 heavy (non-hydrogen) atoms. The summed E-state index contributed by atoms with van der Waals surface area (Å²) in [6.45, 7) is 0.525. The van der Waals surface area contributed by atoms with Gasteiger partial charge in [0.1, 0.15) is 6.04 Å². The van der Waals surface area contributed by atoms with Gasteiger partial charge in [-0.05, 0) is 37.0 Å². The molecule has 0 radical (unpaired) electrons. The van der Waals surface area contributed by atoms with Crippen LogP contribution in [0.3, 0.4) is 0 Å². The van der Waals surface area contributed by atoms with E-state index < -0.39 is 12.0 Å². The van der Waals surface area contributed by atoms with Crippen LogP contribution in [0.4, 0.5) is 0 Å². The van der Waals surface area contributed by atoms with Crippen LogP contribution in [0.25, 0.3) is 0 Å². The Morgan fingerprint density at radius 2 is 2.05 bits per heavy atom. The van der Waals surface area contributed by atoms with E-state index in [0.717, 1.165) is 12.0 Å². The zero-order chi connectivity index (χ0) is 14.7. The van der Waals surface area contributed by atoms with Crippen molar-refractivity contribution >= 4 is 35.1 Å². The number of carbonyl (C=O) groups excluding carboxylic acids is 1. The molecule has 1 unspecified atom stereocenters. The van der Waals surface area contributed by atoms with Crippen LogP contribution >= 0.6 is 23.2 Å². The number of carbonyl (C=O) groups is 2. The largest absolute Gasteiger partial charge is 0.480 e. The van der Waals surface area contributed by atoms with Crippen LogP contribution in [0.2, 0.25) is 10.0 Å². The highest BCUT2D eigenvalue weighted by Crippen LogP contribution is 2.24. The highest BCUT2D eigenvalue weighted by molar-refractivity contribution is 6.42. The van der Waals surface area contributed by atoms with Gasteiger partial charge in [-0.2, -0.15) is 0 Å². The Bertz CT molecular complexity index is 533. The van der Waals surface area contributed by atoms with E-state index in [1.165, 1.54) is 4.90 Å². The van der Waals surface area contributed by atoms with Crippen LogP contribution in [0.15, 0.2) is 18.2 Å². The maximum absolute atomic E-state index is 12.1. The molecular weight excluding hydrogens is 301 g/mol. The Morgan fingerprint density at radius 1 is 1.30 bits per heavy atom. The predicted molar refractivity (Wildman–Crippen MR) is 77.2 cm³/mol. The smallest absolute Gasteiger partial charge is 0.326 e. The number of aryl methyl sites for hydroxylation is 1. The second-order valence-corrected chi connectivity index (χ2v) is 5.65. The topological polar surface area (TPSA) is 57.6 Å². The summed E-state index contributed by atoms with van der Waals surface area (Å²) in [7, 11) is 0. The summed E-state index contributed by atoms with van der Waals surface area (Å²) in [5.41, 5.74) is 0.916. The minimum absolute atomic E-state index is 0.124. The van der Waals surface area contributed by atoms with E-state index in [-0.39, 0.29) is 12.3 Å². The highest BCUT2D eigenvalue weighted by atomic mass is 35.5. The zero-order valence-electron chi connectivity index (χ0n) is 10.8. The van der Waals surface area contributed by atoms with Gasteiger partial charge in [-0.15, -0.1) is 0 Å². The molecular formula is C14H15Cl2NO3. The van der Waals surface area contributed by atoms with E-state index >= 15 is 0 Å². The molecule has 1 heterocycles. The molecule has 0 aliphatic carbocycles. The number of halogens is 2. The summed E-state index contributed by atoms with van der Waals surface area (Å²) in [6.07, 6.45) is 2.09. The molecule has 1 aliphatic heterocycles. The van der Waals surface area contributed by atoms with Gasteiger partial charge < -0.3 is 10.0 Å². The van der Waals surface area contributed by atoms with Gasteiger partial charge in [0.15, 0.2) is 0 Å². The van der Waals surface area contributed by atoms with Crippen molar-refractivity contribution in [2.45, 2.75) is 31.7 Å². The van der Waals surface area contributed by atoms with Crippen LogP contribution in [0.5, 0.6) is 0 Å². The molecule has 0 aromatic heterocycles. The second-order valence-electron chi connectivity index (χ2n) is 4.83. The number of hydrogen-bond acceptors (Lipinski definition) is 2. The number of benzene rings is 1. The molecule has 2 rings (SSSR count). The Hall–Kier alpha value is -1.26. The highest BCUT2D eigenvalue weighted by Gasteiger charge is 2.33. The number of aliphatic carboxylic acids is 1. The molecule has 108 valence electrons. The van der Waals surface area contributed by atoms with Gasteiger partial charge in [0.2, 0.25) is 5.91 Å². The molecule has 1 aromatic carbocycles. The molecule has 1 aromatic rings. The fourth-order valence-corrected chi connectivity index (χ4v) is 2.73. The number of likely N-dealkylation sites (tertiary alicyclic amines) is 1. The quantitative estimate of drug-likeness (QED) is 0.929. The summed E-state index contributed by atoms with van der Waals surface area (Å²) in [4.78, 5) is 24.6. The van der Waals surface area contributed by atoms with Gasteiger partial charge >= 0.3 is 5.97 Å². The summed E-state index contributed by atoms with van der Waals surface area (Å²) in [5.74, 6) is -1.05. The number of nitrogens with zero attached hydrogens (tertiary/aromatic N) is 1. The molecule has 1 amide bonds. The average Bonchev–Trinajstić information content (AvgIpc) is 2.89. The number of hydrogen-bond donors (Lipinski definition) is 1. The van der Waals surface area contributed by atoms with E-state index in [1.54, 1.807) is 12.1 Å². The molecule has 1 fully saturated rings. The molecule has 0 saturated carbocycles. The fraction of sp³-hybridized carbons (Fsp3) is 0.429. The third-order valence-electron chi connectivity index (χ3n) is 3.47. The normalized spacial score (nSPS) is 18.3. The van der Waals surface area contributed by atoms with Crippen LogP contribution in [0, 0.1) is 0 Å². The third kappa shape index (κ3) is 3.44. The lowest BCUT2D eigenvalue weighted by Gasteiger charge is -2.21. The van der Waals surface area contributed by atoms with Crippen molar-refractivity contribution in [1.82, 2.24) is 4.90 Å². The van der Waals surface area contributed by atoms with Gasteiger partial charge in [-0.3, -0.25) is 4.79 Å². The Labute approximate surface area is 127 Å². The standard InChI is InChI=1S/C14H15Cl2NO3/c15-10-5-3-9(8-11(10)16)4-6-13(18)17-7-1-2-12(17)14(19)20/h3,5,8,12H,1-2,4,6-7H2,(H,19,20). The van der Waals surface area contributed by atoms with Crippen molar-refractivity contribution in [3.63, 3.8) is 0 Å². The van der Waals surface area contributed by atoms with Crippen molar-refractivity contribution < 1.29 is 14.7 Å². The molecule has 0 bridgehead atoms. The van der Waals surface area contributed by atoms with Crippen molar-refractivity contribution in [2.75, 3.05) is 6.54 Å². The van der Waals surface area contributed by atoms with Gasteiger partial charge in [0.05, 0.1) is 10.0 Å². The van der Waals surface area contributed by atoms with Crippen molar-refractivity contribution in [3.05, 3.63) is 33.8 Å². The molecule has 6 heteroatoms. The maximum Gasteiger partial charge on any atom is 0.326 e. The van der Waals surface area contributed by atoms with Crippen molar-refractivity contribution in [3.8, 4) is 0 Å². The van der Waals surface area contributed by atoms with Gasteiger partial charge in [0, 0.05) is 13.0 Å². The van der Waals surface area contributed by atoms with Crippen molar-refractivity contribution in [2.24, 2.45) is 0 Å². The average molecular weight is 316 g/mol. The Kier molecular flexibility index (Phi) is 4.89. The van der Waals surface area contributed by atoms with Crippen LogP contribution in [-0.4, -0.2) is 34.5 Å². The Balaban J connectivity index is 1.94. The predicted octanol–water partition coefficient (Wildman–Crippen LogP) is 3.00. The first kappa shape index (κ1) is 15.1. The lowest BCUT2D eigenvalue weighted by atomic mass is 10.1. The number of amides is 1. The zero-order valence-corrected chi connectivity index (χ0v) is 12.3. The fourth-order valence-electron chi connectivity index (χ4n) is 2.41. The molecule has 1 atom stereocenters. The molecule has 4 nitrogen and oxygen atoms in total. The molecule has 0 spiro atoms. The van der Waals surface area contributed by atoms with E-state index in [0.29, 0.717) is 29.4 Å². The summed E-state index contributed by atoms with van der Waals surface area (Å²) in [6, 6.07) is 4.58. The minimum atomic E-state index is -0.926. The van der Waals surface area contributed by atoms with Crippen molar-refractivity contribution in [1.29, 1.82) is 0 Å². The maximum atomic E-state index is 12.1. The number of carboxylic acid groups (broad SMARTS) is 1. The van der Waals surface area contributed by atoms with Gasteiger partial charge in [0.25, 0.3) is 0 Å². The molecule has 1 N–H and O–H groups in total. The van der Waals surface area contributed by atoms with E-state index in [4.69, 9.17) is 28.3 Å². The van der Waals surface area contributed by atoms with Crippen LogP contribution in [0.1, 0.15) is 24.8 Å². The monoisotopic (exact) mass is 315 g/mol. The van der Waals surface area contributed by atoms with Crippen LogP contribution in [-0.2, 0) is 16.0 Å². The SMILES string of the molecule is O=C(O)C1CCCN1C(=O)CCc1ccc(Cl)c(Cl)c1. The third-order valence-corrected chi connectivity index (χ3v) is 4.21. The van der Waals surface area contributed by atoms with E-state index in [1.807, 2.05) is 6.07 Å². The van der Waals surface area contributed by atoms with Gasteiger partial charge in [-0.1, -0.05) is 29.3 Å². The van der Waals surface area contributed by atoms with Crippen LogP contribution < -0.4 is 0 Å². The first-order valence-corrected chi connectivity index (χ1v) is 7.21. The molecule has 1 saturated heterocycles. The minimum Gasteiger partial charge on any atom is -0.480 e. The van der Waals surface area contributed by atoms with Gasteiger partial charge in [-0.25, -0.2) is 4.79 Å². The van der Waals surface area contributed by atoms with E-state index in [2.05, 4.69) is 0 Å². The first-order valence-electron chi connectivity index (χ1n) is 6.45. The van der Waals surface area contributed by atoms with E-state index in [9.17, 15) is 9.59 Å². The second kappa shape index (κ2) is 6.46. The summed E-state index contributed by atoms with van der Waals surface area (Å²) >= 11 is 11.7.